The molecule has 138 valence electrons. The van der Waals surface area contributed by atoms with E-state index in [9.17, 15) is 9.59 Å². The summed E-state index contributed by atoms with van der Waals surface area (Å²) in [4.78, 5) is 27.8. The number of methoxy groups -OCH3 is 2. The Morgan fingerprint density at radius 3 is 2.31 bits per heavy atom. The van der Waals surface area contributed by atoms with Crippen molar-refractivity contribution in [1.82, 2.24) is 15.1 Å². The van der Waals surface area contributed by atoms with Crippen LogP contribution in [0.1, 0.15) is 26.4 Å². The first-order valence-electron chi connectivity index (χ1n) is 8.38. The van der Waals surface area contributed by atoms with E-state index in [4.69, 9.17) is 9.47 Å². The van der Waals surface area contributed by atoms with Crippen LogP contribution in [0.25, 0.3) is 0 Å². The van der Waals surface area contributed by atoms with Crippen LogP contribution in [0.5, 0.6) is 0 Å². The molecule has 0 amide bonds. The van der Waals surface area contributed by atoms with Crippen molar-refractivity contribution in [3.63, 3.8) is 0 Å². The summed E-state index contributed by atoms with van der Waals surface area (Å²) in [6, 6.07) is 7.43. The molecule has 2 heterocycles. The highest BCUT2D eigenvalue weighted by Gasteiger charge is 2.21. The number of carbonyl (C=O) groups is 2. The van der Waals surface area contributed by atoms with Gasteiger partial charge in [-0.2, -0.15) is 5.10 Å². The van der Waals surface area contributed by atoms with Gasteiger partial charge in [0.05, 0.1) is 26.0 Å². The standard InChI is InChI=1S/C18H22N4O4/c1-25-17(23)13-3-5-15(6-4-13)22-9-7-21(8-10-22)12-14-11-19-20-16(14)18(24)26-2/h3-6,11H,7-10,12H2,1-2H3,(H,19,20). The molecular weight excluding hydrogens is 336 g/mol. The number of nitrogens with zero attached hydrogens (tertiary/aromatic N) is 3. The summed E-state index contributed by atoms with van der Waals surface area (Å²) in [5.41, 5.74) is 2.88. The molecule has 0 atom stereocenters. The molecule has 1 saturated heterocycles. The van der Waals surface area contributed by atoms with Crippen LogP contribution in [0.4, 0.5) is 5.69 Å². The van der Waals surface area contributed by atoms with Gasteiger partial charge in [0.2, 0.25) is 0 Å². The predicted molar refractivity (Wildman–Crippen MR) is 95.2 cm³/mol. The first-order chi connectivity index (χ1) is 12.6. The van der Waals surface area contributed by atoms with Crippen molar-refractivity contribution in [3.05, 3.63) is 47.3 Å². The number of rotatable bonds is 5. The quantitative estimate of drug-likeness (QED) is 0.806. The third kappa shape index (κ3) is 3.85. The maximum absolute atomic E-state index is 11.7. The number of hydrogen-bond donors (Lipinski definition) is 1. The van der Waals surface area contributed by atoms with Crippen molar-refractivity contribution < 1.29 is 19.1 Å². The zero-order chi connectivity index (χ0) is 18.5. The van der Waals surface area contributed by atoms with E-state index in [1.165, 1.54) is 14.2 Å². The summed E-state index contributed by atoms with van der Waals surface area (Å²) in [5.74, 6) is -0.732. The molecule has 1 N–H and O–H groups in total. The summed E-state index contributed by atoms with van der Waals surface area (Å²) in [6.45, 7) is 4.11. The largest absolute Gasteiger partial charge is 0.465 e. The van der Waals surface area contributed by atoms with Gasteiger partial charge in [-0.05, 0) is 24.3 Å². The van der Waals surface area contributed by atoms with Crippen LogP contribution in [0, 0.1) is 0 Å². The molecule has 0 unspecified atom stereocenters. The number of benzene rings is 1. The van der Waals surface area contributed by atoms with Gasteiger partial charge in [-0.1, -0.05) is 0 Å². The van der Waals surface area contributed by atoms with Crippen molar-refractivity contribution in [3.8, 4) is 0 Å². The van der Waals surface area contributed by atoms with E-state index in [0.717, 1.165) is 37.4 Å². The van der Waals surface area contributed by atoms with Gasteiger partial charge in [0, 0.05) is 44.0 Å². The summed E-state index contributed by atoms with van der Waals surface area (Å²) < 4.78 is 9.48. The van der Waals surface area contributed by atoms with E-state index in [2.05, 4.69) is 20.0 Å². The molecule has 0 radical (unpaired) electrons. The number of H-pyrrole nitrogens is 1. The van der Waals surface area contributed by atoms with Crippen LogP contribution in [0.3, 0.4) is 0 Å². The lowest BCUT2D eigenvalue weighted by Crippen LogP contribution is -2.46. The topological polar surface area (TPSA) is 87.8 Å². The van der Waals surface area contributed by atoms with Gasteiger partial charge >= 0.3 is 11.9 Å². The van der Waals surface area contributed by atoms with Gasteiger partial charge in [0.1, 0.15) is 5.69 Å². The number of nitrogens with one attached hydrogen (secondary N) is 1. The van der Waals surface area contributed by atoms with Crippen LogP contribution < -0.4 is 4.90 Å². The summed E-state index contributed by atoms with van der Waals surface area (Å²) >= 11 is 0. The van der Waals surface area contributed by atoms with Gasteiger partial charge in [0.25, 0.3) is 0 Å². The zero-order valence-electron chi connectivity index (χ0n) is 14.9. The van der Waals surface area contributed by atoms with Crippen molar-refractivity contribution in [2.75, 3.05) is 45.3 Å². The number of anilines is 1. The minimum Gasteiger partial charge on any atom is -0.465 e. The molecule has 0 spiro atoms. The molecule has 1 aliphatic heterocycles. The first kappa shape index (κ1) is 17.9. The van der Waals surface area contributed by atoms with Crippen molar-refractivity contribution in [1.29, 1.82) is 0 Å². The smallest absolute Gasteiger partial charge is 0.356 e. The molecule has 0 aliphatic carbocycles. The van der Waals surface area contributed by atoms with E-state index in [0.29, 0.717) is 17.8 Å². The van der Waals surface area contributed by atoms with Crippen LogP contribution in [0.2, 0.25) is 0 Å². The molecule has 8 heteroatoms. The molecule has 1 aromatic heterocycles. The lowest BCUT2D eigenvalue weighted by Gasteiger charge is -2.36. The number of hydrogen-bond acceptors (Lipinski definition) is 7. The average molecular weight is 358 g/mol. The number of aromatic nitrogens is 2. The van der Waals surface area contributed by atoms with Crippen molar-refractivity contribution in [2.45, 2.75) is 6.54 Å². The van der Waals surface area contributed by atoms with Crippen LogP contribution >= 0.6 is 0 Å². The molecular formula is C18H22N4O4. The predicted octanol–water partition coefficient (Wildman–Crippen LogP) is 1.31. The molecule has 8 nitrogen and oxygen atoms in total. The first-order valence-corrected chi connectivity index (χ1v) is 8.38. The van der Waals surface area contributed by atoms with E-state index in [1.807, 2.05) is 12.1 Å². The van der Waals surface area contributed by atoms with Gasteiger partial charge in [-0.3, -0.25) is 10.00 Å². The van der Waals surface area contributed by atoms with Gasteiger partial charge in [0.15, 0.2) is 0 Å². The monoisotopic (exact) mass is 358 g/mol. The second-order valence-corrected chi connectivity index (χ2v) is 6.06. The molecule has 26 heavy (non-hydrogen) atoms. The van der Waals surface area contributed by atoms with Crippen LogP contribution in [-0.4, -0.2) is 67.4 Å². The number of carbonyl (C=O) groups excluding carboxylic acids is 2. The Bertz CT molecular complexity index is 764. The number of aromatic amines is 1. The number of piperazine rings is 1. The highest BCUT2D eigenvalue weighted by atomic mass is 16.5. The van der Waals surface area contributed by atoms with Crippen LogP contribution in [-0.2, 0) is 16.0 Å². The van der Waals surface area contributed by atoms with Gasteiger partial charge in [-0.25, -0.2) is 9.59 Å². The maximum atomic E-state index is 11.7. The second kappa shape index (κ2) is 8.01. The fraction of sp³-hybridized carbons (Fsp3) is 0.389. The van der Waals surface area contributed by atoms with E-state index in [-0.39, 0.29) is 5.97 Å². The fourth-order valence-corrected chi connectivity index (χ4v) is 3.04. The molecule has 1 aromatic carbocycles. The Hall–Kier alpha value is -2.87. The summed E-state index contributed by atoms with van der Waals surface area (Å²) in [5, 5.41) is 6.65. The third-order valence-corrected chi connectivity index (χ3v) is 4.53. The van der Waals surface area contributed by atoms with E-state index >= 15 is 0 Å². The minimum absolute atomic E-state index is 0.331. The second-order valence-electron chi connectivity index (χ2n) is 6.06. The van der Waals surface area contributed by atoms with E-state index < -0.39 is 5.97 Å². The minimum atomic E-state index is -0.401. The lowest BCUT2D eigenvalue weighted by molar-refractivity contribution is 0.0586. The van der Waals surface area contributed by atoms with Gasteiger partial charge in [-0.15, -0.1) is 0 Å². The Kier molecular flexibility index (Phi) is 5.52. The SMILES string of the molecule is COC(=O)c1ccc(N2CCN(Cc3cn[nH]c3C(=O)OC)CC2)cc1. The molecule has 3 rings (SSSR count). The summed E-state index contributed by atoms with van der Waals surface area (Å²) in [6.07, 6.45) is 1.67. The normalized spacial score (nSPS) is 14.9. The third-order valence-electron chi connectivity index (χ3n) is 4.53. The number of ether oxygens (including phenoxy) is 2. The molecule has 2 aromatic rings. The van der Waals surface area contributed by atoms with Crippen LogP contribution in [0.15, 0.2) is 30.5 Å². The molecule has 0 saturated carbocycles. The Morgan fingerprint density at radius 2 is 1.69 bits per heavy atom. The lowest BCUT2D eigenvalue weighted by atomic mass is 10.1. The molecule has 1 aliphatic rings. The maximum Gasteiger partial charge on any atom is 0.356 e. The Balaban J connectivity index is 1.57. The van der Waals surface area contributed by atoms with Crippen molar-refractivity contribution in [2.24, 2.45) is 0 Å². The number of esters is 2. The highest BCUT2D eigenvalue weighted by Crippen LogP contribution is 2.19. The van der Waals surface area contributed by atoms with Crippen molar-refractivity contribution >= 4 is 17.6 Å². The molecule has 0 bridgehead atoms. The summed E-state index contributed by atoms with van der Waals surface area (Å²) in [7, 11) is 2.73. The fourth-order valence-electron chi connectivity index (χ4n) is 3.04. The van der Waals surface area contributed by atoms with Gasteiger partial charge < -0.3 is 14.4 Å². The highest BCUT2D eigenvalue weighted by molar-refractivity contribution is 5.89. The average Bonchev–Trinajstić information content (AvgIpc) is 3.15. The Labute approximate surface area is 151 Å². The zero-order valence-corrected chi connectivity index (χ0v) is 14.9. The van der Waals surface area contributed by atoms with E-state index in [1.54, 1.807) is 18.3 Å². The Morgan fingerprint density at radius 1 is 1.04 bits per heavy atom. The molecule has 1 fully saturated rings.